The second-order valence-electron chi connectivity index (χ2n) is 5.48. The number of anilines is 2. The molecule has 2 aromatic carbocycles. The van der Waals surface area contributed by atoms with Crippen LogP contribution in [0.3, 0.4) is 0 Å². The highest BCUT2D eigenvalue weighted by molar-refractivity contribution is 6.44. The highest BCUT2D eigenvalue weighted by Gasteiger charge is 2.13. The van der Waals surface area contributed by atoms with E-state index in [-0.39, 0.29) is 10.9 Å². The summed E-state index contributed by atoms with van der Waals surface area (Å²) in [5.41, 5.74) is 2.21. The molecule has 0 aliphatic carbocycles. The van der Waals surface area contributed by atoms with Gasteiger partial charge in [-0.15, -0.1) is 0 Å². The Balaban J connectivity index is 2.15. The maximum atomic E-state index is 12.3. The van der Waals surface area contributed by atoms with Gasteiger partial charge in [-0.1, -0.05) is 29.3 Å². The molecule has 2 aromatic rings. The first-order valence-corrected chi connectivity index (χ1v) is 8.31. The molecule has 0 aliphatic heterocycles. The summed E-state index contributed by atoms with van der Waals surface area (Å²) >= 11 is 12.0. The third-order valence-electron chi connectivity index (χ3n) is 3.62. The fraction of sp³-hybridized carbons (Fsp3) is 0.278. The lowest BCUT2D eigenvalue weighted by Gasteiger charge is -2.27. The van der Waals surface area contributed by atoms with E-state index in [1.807, 2.05) is 24.3 Å². The summed E-state index contributed by atoms with van der Waals surface area (Å²) in [4.78, 5) is 14.6. The molecule has 0 fully saturated rings. The van der Waals surface area contributed by atoms with Gasteiger partial charge in [-0.3, -0.25) is 4.79 Å². The third-order valence-corrected chi connectivity index (χ3v) is 4.44. The number of hydrogen-bond donors (Lipinski definition) is 1. The van der Waals surface area contributed by atoms with Gasteiger partial charge in [0.2, 0.25) is 0 Å². The molecule has 122 valence electrons. The van der Waals surface area contributed by atoms with Crippen molar-refractivity contribution in [2.45, 2.75) is 26.8 Å². The van der Waals surface area contributed by atoms with Crippen LogP contribution in [-0.2, 0) is 0 Å². The smallest absolute Gasteiger partial charge is 0.257 e. The normalized spacial score (nSPS) is 10.7. The minimum atomic E-state index is -0.276. The van der Waals surface area contributed by atoms with E-state index in [0.717, 1.165) is 17.9 Å². The number of rotatable bonds is 5. The quantitative estimate of drug-likeness (QED) is 0.774. The van der Waals surface area contributed by atoms with Gasteiger partial charge in [-0.2, -0.15) is 0 Å². The maximum Gasteiger partial charge on any atom is 0.257 e. The minimum absolute atomic E-state index is 0.264. The fourth-order valence-electron chi connectivity index (χ4n) is 2.46. The maximum absolute atomic E-state index is 12.3. The molecule has 0 spiro atoms. The first kappa shape index (κ1) is 17.6. The number of halogens is 2. The molecule has 0 heterocycles. The van der Waals surface area contributed by atoms with Crippen LogP contribution in [0.15, 0.2) is 42.5 Å². The van der Waals surface area contributed by atoms with Gasteiger partial charge in [-0.05, 0) is 57.2 Å². The van der Waals surface area contributed by atoms with Gasteiger partial charge in [0.1, 0.15) is 0 Å². The summed E-state index contributed by atoms with van der Waals surface area (Å²) in [7, 11) is 0. The average Bonchev–Trinajstić information content (AvgIpc) is 2.52. The molecule has 23 heavy (non-hydrogen) atoms. The Morgan fingerprint density at radius 3 is 2.35 bits per heavy atom. The molecule has 0 radical (unpaired) electrons. The summed E-state index contributed by atoms with van der Waals surface area (Å²) in [6.07, 6.45) is 0. The van der Waals surface area contributed by atoms with Gasteiger partial charge in [0.15, 0.2) is 0 Å². The van der Waals surface area contributed by atoms with Gasteiger partial charge < -0.3 is 10.2 Å². The number of amides is 1. The SMILES string of the molecule is CCN(c1ccc(NC(=O)c2cccc(Cl)c2Cl)cc1)C(C)C. The Hall–Kier alpha value is -1.71. The van der Waals surface area contributed by atoms with E-state index in [0.29, 0.717) is 16.6 Å². The second kappa shape index (κ2) is 7.71. The zero-order chi connectivity index (χ0) is 17.0. The largest absolute Gasteiger partial charge is 0.369 e. The van der Waals surface area contributed by atoms with Crippen LogP contribution < -0.4 is 10.2 Å². The molecule has 3 nitrogen and oxygen atoms in total. The zero-order valence-electron chi connectivity index (χ0n) is 13.4. The van der Waals surface area contributed by atoms with E-state index in [1.165, 1.54) is 0 Å². The number of carbonyl (C=O) groups excluding carboxylic acids is 1. The zero-order valence-corrected chi connectivity index (χ0v) is 14.9. The molecular weight excluding hydrogens is 331 g/mol. The molecule has 2 rings (SSSR count). The van der Waals surface area contributed by atoms with Gasteiger partial charge in [0.05, 0.1) is 15.6 Å². The standard InChI is InChI=1S/C18H20Cl2N2O/c1-4-22(12(2)3)14-10-8-13(9-11-14)21-18(23)15-6-5-7-16(19)17(15)20/h5-12H,4H2,1-3H3,(H,21,23). The van der Waals surface area contributed by atoms with Crippen molar-refractivity contribution in [1.82, 2.24) is 0 Å². The highest BCUT2D eigenvalue weighted by atomic mass is 35.5. The van der Waals surface area contributed by atoms with Crippen molar-refractivity contribution >= 4 is 40.5 Å². The van der Waals surface area contributed by atoms with E-state index >= 15 is 0 Å². The molecular formula is C18H20Cl2N2O. The van der Waals surface area contributed by atoms with Crippen molar-refractivity contribution in [3.8, 4) is 0 Å². The van der Waals surface area contributed by atoms with E-state index < -0.39 is 0 Å². The Kier molecular flexibility index (Phi) is 5.91. The molecule has 0 saturated heterocycles. The first-order valence-electron chi connectivity index (χ1n) is 7.56. The predicted octanol–water partition coefficient (Wildman–Crippen LogP) is 5.48. The second-order valence-corrected chi connectivity index (χ2v) is 6.27. The van der Waals surface area contributed by atoms with E-state index in [4.69, 9.17) is 23.2 Å². The predicted molar refractivity (Wildman–Crippen MR) is 99.0 cm³/mol. The van der Waals surface area contributed by atoms with Gasteiger partial charge in [-0.25, -0.2) is 0 Å². The van der Waals surface area contributed by atoms with Gasteiger partial charge in [0.25, 0.3) is 5.91 Å². The molecule has 0 atom stereocenters. The summed E-state index contributed by atoms with van der Waals surface area (Å²) in [6.45, 7) is 7.36. The number of nitrogens with one attached hydrogen (secondary N) is 1. The topological polar surface area (TPSA) is 32.3 Å². The van der Waals surface area contributed by atoms with Crippen LogP contribution in [0.1, 0.15) is 31.1 Å². The van der Waals surface area contributed by atoms with Crippen molar-refractivity contribution in [1.29, 1.82) is 0 Å². The van der Waals surface area contributed by atoms with E-state index in [9.17, 15) is 4.79 Å². The van der Waals surface area contributed by atoms with Crippen LogP contribution in [-0.4, -0.2) is 18.5 Å². The molecule has 0 bridgehead atoms. The molecule has 0 unspecified atom stereocenters. The van der Waals surface area contributed by atoms with Crippen LogP contribution in [0.4, 0.5) is 11.4 Å². The van der Waals surface area contributed by atoms with Crippen LogP contribution in [0.2, 0.25) is 10.0 Å². The van der Waals surface area contributed by atoms with Crippen LogP contribution in [0.25, 0.3) is 0 Å². The molecule has 0 saturated carbocycles. The van der Waals surface area contributed by atoms with Gasteiger partial charge >= 0.3 is 0 Å². The van der Waals surface area contributed by atoms with Crippen LogP contribution in [0, 0.1) is 0 Å². The fourth-order valence-corrected chi connectivity index (χ4v) is 2.85. The lowest BCUT2D eigenvalue weighted by molar-refractivity contribution is 0.102. The third kappa shape index (κ3) is 4.18. The van der Waals surface area contributed by atoms with Crippen molar-refractivity contribution < 1.29 is 4.79 Å². The molecule has 1 amide bonds. The number of hydrogen-bond acceptors (Lipinski definition) is 2. The summed E-state index contributed by atoms with van der Waals surface area (Å²) in [6, 6.07) is 13.2. The van der Waals surface area contributed by atoms with Crippen molar-refractivity contribution in [3.63, 3.8) is 0 Å². The van der Waals surface area contributed by atoms with Crippen molar-refractivity contribution in [3.05, 3.63) is 58.1 Å². The van der Waals surface area contributed by atoms with Crippen molar-refractivity contribution in [2.75, 3.05) is 16.8 Å². The lowest BCUT2D eigenvalue weighted by Crippen LogP contribution is -2.30. The Morgan fingerprint density at radius 2 is 1.78 bits per heavy atom. The Bertz CT molecular complexity index is 684. The molecule has 0 aromatic heterocycles. The number of benzene rings is 2. The van der Waals surface area contributed by atoms with Crippen LogP contribution in [0.5, 0.6) is 0 Å². The Labute approximate surface area is 147 Å². The van der Waals surface area contributed by atoms with E-state index in [1.54, 1.807) is 18.2 Å². The summed E-state index contributed by atoms with van der Waals surface area (Å²) in [5, 5.41) is 3.47. The van der Waals surface area contributed by atoms with Crippen molar-refractivity contribution in [2.24, 2.45) is 0 Å². The lowest BCUT2D eigenvalue weighted by atomic mass is 10.2. The first-order chi connectivity index (χ1) is 10.9. The Morgan fingerprint density at radius 1 is 1.13 bits per heavy atom. The highest BCUT2D eigenvalue weighted by Crippen LogP contribution is 2.26. The molecule has 0 aliphatic rings. The summed E-state index contributed by atoms with van der Waals surface area (Å²) in [5.74, 6) is -0.276. The van der Waals surface area contributed by atoms with Gasteiger partial charge in [0, 0.05) is 24.0 Å². The van der Waals surface area contributed by atoms with Crippen LogP contribution >= 0.6 is 23.2 Å². The average molecular weight is 351 g/mol. The minimum Gasteiger partial charge on any atom is -0.369 e. The number of nitrogens with zero attached hydrogens (tertiary/aromatic N) is 1. The molecule has 5 heteroatoms. The monoisotopic (exact) mass is 350 g/mol. The summed E-state index contributed by atoms with van der Waals surface area (Å²) < 4.78 is 0. The van der Waals surface area contributed by atoms with E-state index in [2.05, 4.69) is 31.0 Å². The number of carbonyl (C=O) groups is 1. The molecule has 1 N–H and O–H groups in total.